The van der Waals surface area contributed by atoms with E-state index in [4.69, 9.17) is 20.6 Å². The molecule has 6 nitrogen and oxygen atoms in total. The fourth-order valence-corrected chi connectivity index (χ4v) is 2.07. The summed E-state index contributed by atoms with van der Waals surface area (Å²) in [5.41, 5.74) is 5.11. The average molecular weight is 251 g/mol. The molecule has 1 unspecified atom stereocenters. The molecule has 0 radical (unpaired) electrons. The highest BCUT2D eigenvalue weighted by Crippen LogP contribution is 2.41. The van der Waals surface area contributed by atoms with Gasteiger partial charge >= 0.3 is 13.6 Å². The van der Waals surface area contributed by atoms with E-state index in [0.717, 1.165) is 0 Å². The van der Waals surface area contributed by atoms with Gasteiger partial charge in [-0.1, -0.05) is 32.4 Å². The van der Waals surface area contributed by atoms with Gasteiger partial charge in [0.25, 0.3) is 0 Å². The summed E-state index contributed by atoms with van der Waals surface area (Å²) >= 11 is 0. The number of rotatable bonds is 4. The van der Waals surface area contributed by atoms with Crippen molar-refractivity contribution >= 4 is 13.6 Å². The van der Waals surface area contributed by atoms with E-state index in [9.17, 15) is 9.36 Å². The number of carboxylic acid groups (broad SMARTS) is 1. The van der Waals surface area contributed by atoms with Crippen molar-refractivity contribution in [3.05, 3.63) is 11.6 Å². The van der Waals surface area contributed by atoms with Crippen LogP contribution in [-0.4, -0.2) is 33.1 Å². The van der Waals surface area contributed by atoms with Gasteiger partial charge in [0.1, 0.15) is 6.04 Å². The van der Waals surface area contributed by atoms with E-state index in [-0.39, 0.29) is 0 Å². The molecule has 7 heteroatoms. The Morgan fingerprint density at radius 3 is 2.12 bits per heavy atom. The van der Waals surface area contributed by atoms with E-state index in [1.54, 1.807) is 20.8 Å². The van der Waals surface area contributed by atoms with Crippen molar-refractivity contribution in [3.8, 4) is 0 Å². The zero-order chi connectivity index (χ0) is 13.1. The van der Waals surface area contributed by atoms with Crippen LogP contribution < -0.4 is 5.73 Å². The summed E-state index contributed by atoms with van der Waals surface area (Å²) in [5, 5.41) is 8.63. The van der Waals surface area contributed by atoms with Gasteiger partial charge < -0.3 is 20.6 Å². The third-order valence-corrected chi connectivity index (χ3v) is 2.76. The Labute approximate surface area is 94.3 Å². The molecule has 0 bridgehead atoms. The van der Waals surface area contributed by atoms with E-state index in [0.29, 0.717) is 5.57 Å². The number of hydrogen-bond acceptors (Lipinski definition) is 3. The van der Waals surface area contributed by atoms with Gasteiger partial charge in [0.2, 0.25) is 0 Å². The summed E-state index contributed by atoms with van der Waals surface area (Å²) in [5.74, 6) is -1.23. The lowest BCUT2D eigenvalue weighted by molar-refractivity contribution is -0.137. The van der Waals surface area contributed by atoms with E-state index in [2.05, 4.69) is 0 Å². The third-order valence-electron chi connectivity index (χ3n) is 2.01. The molecule has 0 aliphatic heterocycles. The Morgan fingerprint density at radius 1 is 1.44 bits per heavy atom. The van der Waals surface area contributed by atoms with E-state index >= 15 is 0 Å². The highest BCUT2D eigenvalue weighted by Gasteiger charge is 2.26. The number of carboxylic acids is 1. The maximum Gasteiger partial charge on any atom is 0.329 e. The lowest BCUT2D eigenvalue weighted by Crippen LogP contribution is -2.30. The average Bonchev–Trinajstić information content (AvgIpc) is 1.98. The summed E-state index contributed by atoms with van der Waals surface area (Å²) in [6.45, 7) is 5.22. The van der Waals surface area contributed by atoms with Crippen LogP contribution in [0.3, 0.4) is 0 Å². The van der Waals surface area contributed by atoms with Crippen LogP contribution in [0.4, 0.5) is 0 Å². The van der Waals surface area contributed by atoms with Gasteiger partial charge in [-0.25, -0.2) is 0 Å². The van der Waals surface area contributed by atoms with Crippen LogP contribution in [0.25, 0.3) is 0 Å². The summed E-state index contributed by atoms with van der Waals surface area (Å²) in [4.78, 5) is 28.3. The first-order valence-corrected chi connectivity index (χ1v) is 6.47. The van der Waals surface area contributed by atoms with Crippen molar-refractivity contribution in [2.24, 2.45) is 11.1 Å². The Bertz CT molecular complexity index is 338. The van der Waals surface area contributed by atoms with Crippen molar-refractivity contribution < 1.29 is 24.3 Å². The van der Waals surface area contributed by atoms with Gasteiger partial charge in [0.15, 0.2) is 0 Å². The smallest absolute Gasteiger partial charge is 0.329 e. The molecule has 0 fully saturated rings. The highest BCUT2D eigenvalue weighted by molar-refractivity contribution is 7.52. The van der Waals surface area contributed by atoms with Crippen molar-refractivity contribution in [2.75, 3.05) is 6.16 Å². The molecule has 1 atom stereocenters. The van der Waals surface area contributed by atoms with Crippen LogP contribution in [0, 0.1) is 5.41 Å². The minimum Gasteiger partial charge on any atom is -0.480 e. The molecule has 5 N–H and O–H groups in total. The number of allylic oxidation sites excluding steroid dienone is 1. The Morgan fingerprint density at radius 2 is 1.88 bits per heavy atom. The van der Waals surface area contributed by atoms with E-state index in [1.807, 2.05) is 0 Å². The van der Waals surface area contributed by atoms with Gasteiger partial charge in [-0.05, 0) is 5.41 Å². The topological polar surface area (TPSA) is 121 Å². The first-order chi connectivity index (χ1) is 6.93. The van der Waals surface area contributed by atoms with Gasteiger partial charge in [0.05, 0.1) is 6.16 Å². The second kappa shape index (κ2) is 5.10. The van der Waals surface area contributed by atoms with Crippen molar-refractivity contribution in [3.63, 3.8) is 0 Å². The maximum atomic E-state index is 10.9. The Hall–Kier alpha value is -0.680. The van der Waals surface area contributed by atoms with Crippen LogP contribution in [0.2, 0.25) is 0 Å². The van der Waals surface area contributed by atoms with Crippen LogP contribution in [0.1, 0.15) is 20.8 Å². The van der Waals surface area contributed by atoms with Crippen LogP contribution >= 0.6 is 7.60 Å². The molecule has 0 saturated carbocycles. The fraction of sp³-hybridized carbons (Fsp3) is 0.667. The minimum absolute atomic E-state index is 0.343. The summed E-state index contributed by atoms with van der Waals surface area (Å²) < 4.78 is 10.9. The zero-order valence-electron chi connectivity index (χ0n) is 9.54. The lowest BCUT2D eigenvalue weighted by atomic mass is 9.86. The number of hydrogen-bond donors (Lipinski definition) is 4. The molecule has 0 aliphatic carbocycles. The number of nitrogens with two attached hydrogens (primary N) is 1. The first kappa shape index (κ1) is 15.3. The number of aliphatic carboxylic acids is 1. The van der Waals surface area contributed by atoms with Gasteiger partial charge in [-0.15, -0.1) is 0 Å². The molecule has 94 valence electrons. The molecule has 0 aliphatic rings. The van der Waals surface area contributed by atoms with E-state index < -0.39 is 31.2 Å². The summed E-state index contributed by atoms with van der Waals surface area (Å²) in [6.07, 6.45) is 0.721. The molecule has 0 aromatic heterocycles. The Balaban J connectivity index is 5.12. The molecule has 0 aromatic rings. The molecular weight excluding hydrogens is 233 g/mol. The van der Waals surface area contributed by atoms with Crippen molar-refractivity contribution in [1.29, 1.82) is 0 Å². The molecule has 0 aromatic carbocycles. The lowest BCUT2D eigenvalue weighted by Gasteiger charge is -2.24. The first-order valence-electron chi connectivity index (χ1n) is 4.67. The normalized spacial score (nSPS) is 16.0. The standard InChI is InChI=1S/C9H18NO5P/c1-9(2,3)6(5-16(13,14)15)4-7(10)8(11)12/h4,7H,5,10H2,1-3H3,(H,11,12)(H2,13,14,15). The second-order valence-electron chi connectivity index (χ2n) is 4.63. The molecule has 0 amide bonds. The number of carbonyl (C=O) groups is 1. The maximum absolute atomic E-state index is 10.9. The van der Waals surface area contributed by atoms with Crippen LogP contribution in [0.15, 0.2) is 11.6 Å². The van der Waals surface area contributed by atoms with E-state index in [1.165, 1.54) is 6.08 Å². The molecule has 0 heterocycles. The van der Waals surface area contributed by atoms with Crippen molar-refractivity contribution in [2.45, 2.75) is 26.8 Å². The van der Waals surface area contributed by atoms with Crippen LogP contribution in [0.5, 0.6) is 0 Å². The summed E-state index contributed by atoms with van der Waals surface area (Å²) in [6, 6.07) is -1.25. The molecule has 0 rings (SSSR count). The van der Waals surface area contributed by atoms with Crippen molar-refractivity contribution in [1.82, 2.24) is 0 Å². The third kappa shape index (κ3) is 6.02. The minimum atomic E-state index is -4.22. The quantitative estimate of drug-likeness (QED) is 0.427. The second-order valence-corrected chi connectivity index (χ2v) is 6.27. The predicted molar refractivity (Wildman–Crippen MR) is 60.1 cm³/mol. The van der Waals surface area contributed by atoms with Gasteiger partial charge in [0, 0.05) is 0 Å². The summed E-state index contributed by atoms with van der Waals surface area (Å²) in [7, 11) is -4.22. The Kier molecular flexibility index (Phi) is 4.88. The zero-order valence-corrected chi connectivity index (χ0v) is 10.4. The van der Waals surface area contributed by atoms with Crippen LogP contribution in [-0.2, 0) is 9.36 Å². The molecule has 0 spiro atoms. The molecule has 16 heavy (non-hydrogen) atoms. The monoisotopic (exact) mass is 251 g/mol. The SMILES string of the molecule is CC(C)(C)C(=CC(N)C(=O)O)CP(=O)(O)O. The fourth-order valence-electron chi connectivity index (χ4n) is 1.05. The van der Waals surface area contributed by atoms with Gasteiger partial charge in [-0.2, -0.15) is 0 Å². The largest absolute Gasteiger partial charge is 0.480 e. The highest BCUT2D eigenvalue weighted by atomic mass is 31.2. The predicted octanol–water partition coefficient (Wildman–Crippen LogP) is 0.548. The molecular formula is C9H18NO5P. The van der Waals surface area contributed by atoms with Gasteiger partial charge in [-0.3, -0.25) is 9.36 Å². The molecule has 0 saturated heterocycles.